The van der Waals surface area contributed by atoms with Crippen LogP contribution in [0.3, 0.4) is 0 Å². The number of nitrogens with one attached hydrogen (secondary N) is 1. The first kappa shape index (κ1) is 18.1. The van der Waals surface area contributed by atoms with Gasteiger partial charge in [-0.3, -0.25) is 9.78 Å². The van der Waals surface area contributed by atoms with Crippen molar-refractivity contribution in [3.63, 3.8) is 0 Å². The van der Waals surface area contributed by atoms with E-state index in [0.717, 1.165) is 30.8 Å². The van der Waals surface area contributed by atoms with Crippen molar-refractivity contribution in [3.05, 3.63) is 47.2 Å². The molecule has 1 aromatic heterocycles. The Hall–Kier alpha value is -2.27. The maximum Gasteiger partial charge on any atom is 0.255 e. The van der Waals surface area contributed by atoms with E-state index in [-0.39, 0.29) is 5.91 Å². The molecule has 0 saturated carbocycles. The molecule has 0 unspecified atom stereocenters. The highest BCUT2D eigenvalue weighted by atomic mass is 35.5. The lowest BCUT2D eigenvalue weighted by Crippen LogP contribution is -2.27. The van der Waals surface area contributed by atoms with Gasteiger partial charge in [0, 0.05) is 25.5 Å². The number of carbonyl (C=O) groups excluding carboxylic acids is 1. The molecule has 1 N–H and O–H groups in total. The van der Waals surface area contributed by atoms with Gasteiger partial charge in [0.15, 0.2) is 0 Å². The van der Waals surface area contributed by atoms with Crippen LogP contribution in [-0.2, 0) is 0 Å². The molecule has 2 aromatic rings. The van der Waals surface area contributed by atoms with Gasteiger partial charge in [-0.25, -0.2) is 0 Å². The molecule has 1 amide bonds. The van der Waals surface area contributed by atoms with E-state index < -0.39 is 0 Å². The molecule has 6 heteroatoms. The van der Waals surface area contributed by atoms with Crippen LogP contribution in [0.25, 0.3) is 0 Å². The van der Waals surface area contributed by atoms with Gasteiger partial charge in [-0.15, -0.1) is 0 Å². The molecule has 0 saturated heterocycles. The van der Waals surface area contributed by atoms with Crippen LogP contribution in [-0.4, -0.2) is 36.5 Å². The summed E-state index contributed by atoms with van der Waals surface area (Å²) in [6, 6.07) is 7.19. The Bertz CT molecular complexity index is 706. The second-order valence-electron chi connectivity index (χ2n) is 5.52. The summed E-state index contributed by atoms with van der Waals surface area (Å²) in [6.45, 7) is 2.84. The van der Waals surface area contributed by atoms with E-state index in [9.17, 15) is 4.79 Å². The van der Waals surface area contributed by atoms with Gasteiger partial charge in [-0.05, 0) is 30.7 Å². The van der Waals surface area contributed by atoms with Crippen molar-refractivity contribution in [1.29, 1.82) is 0 Å². The average molecular weight is 348 g/mol. The predicted molar refractivity (Wildman–Crippen MR) is 97.4 cm³/mol. The van der Waals surface area contributed by atoms with Crippen LogP contribution in [0.5, 0.6) is 5.75 Å². The summed E-state index contributed by atoms with van der Waals surface area (Å²) in [5.41, 5.74) is 2.08. The largest absolute Gasteiger partial charge is 0.495 e. The Morgan fingerprint density at radius 3 is 2.75 bits per heavy atom. The van der Waals surface area contributed by atoms with Crippen molar-refractivity contribution < 1.29 is 9.53 Å². The first-order valence-electron chi connectivity index (χ1n) is 7.86. The molecule has 2 rings (SSSR count). The maximum absolute atomic E-state index is 12.4. The van der Waals surface area contributed by atoms with Crippen LogP contribution in [0.2, 0.25) is 5.02 Å². The highest BCUT2D eigenvalue weighted by molar-refractivity contribution is 6.32. The van der Waals surface area contributed by atoms with E-state index in [1.54, 1.807) is 49.7 Å². The molecule has 0 aliphatic carbocycles. The number of amides is 1. The summed E-state index contributed by atoms with van der Waals surface area (Å²) in [5.74, 6) is 0.578. The molecule has 0 radical (unpaired) electrons. The SMILES string of the molecule is CCCCN(C)C(=O)c1cncc(Nc2ccc(OC)c(Cl)c2)c1. The minimum atomic E-state index is -0.0348. The first-order chi connectivity index (χ1) is 11.5. The zero-order valence-electron chi connectivity index (χ0n) is 14.2. The Kier molecular flexibility index (Phi) is 6.44. The van der Waals surface area contributed by atoms with Gasteiger partial charge in [0.25, 0.3) is 5.91 Å². The predicted octanol–water partition coefficient (Wildman–Crippen LogP) is 4.36. The number of halogens is 1. The van der Waals surface area contributed by atoms with Crippen LogP contribution in [0.4, 0.5) is 11.4 Å². The van der Waals surface area contributed by atoms with Gasteiger partial charge in [-0.2, -0.15) is 0 Å². The third-order valence-electron chi connectivity index (χ3n) is 3.62. The van der Waals surface area contributed by atoms with Crippen molar-refractivity contribution in [2.45, 2.75) is 19.8 Å². The van der Waals surface area contributed by atoms with Gasteiger partial charge >= 0.3 is 0 Å². The number of hydrogen-bond acceptors (Lipinski definition) is 4. The zero-order valence-corrected chi connectivity index (χ0v) is 14.9. The van der Waals surface area contributed by atoms with E-state index in [2.05, 4.69) is 17.2 Å². The van der Waals surface area contributed by atoms with E-state index in [1.165, 1.54) is 0 Å². The summed E-state index contributed by atoms with van der Waals surface area (Å²) >= 11 is 6.13. The molecule has 0 fully saturated rings. The van der Waals surface area contributed by atoms with E-state index in [1.807, 2.05) is 6.07 Å². The average Bonchev–Trinajstić information content (AvgIpc) is 2.59. The topological polar surface area (TPSA) is 54.5 Å². The summed E-state index contributed by atoms with van der Waals surface area (Å²) in [7, 11) is 3.38. The summed E-state index contributed by atoms with van der Waals surface area (Å²) < 4.78 is 5.14. The zero-order chi connectivity index (χ0) is 17.5. The van der Waals surface area contributed by atoms with Gasteiger partial charge in [-0.1, -0.05) is 24.9 Å². The van der Waals surface area contributed by atoms with Crippen LogP contribution < -0.4 is 10.1 Å². The molecule has 24 heavy (non-hydrogen) atoms. The highest BCUT2D eigenvalue weighted by Crippen LogP contribution is 2.28. The van der Waals surface area contributed by atoms with Gasteiger partial charge in [0.05, 0.1) is 29.6 Å². The Labute approximate surface area is 147 Å². The highest BCUT2D eigenvalue weighted by Gasteiger charge is 2.12. The lowest BCUT2D eigenvalue weighted by molar-refractivity contribution is 0.0793. The molecule has 0 atom stereocenters. The van der Waals surface area contributed by atoms with Gasteiger partial charge < -0.3 is 15.0 Å². The van der Waals surface area contributed by atoms with E-state index >= 15 is 0 Å². The molecular formula is C18H22ClN3O2. The Morgan fingerprint density at radius 1 is 1.29 bits per heavy atom. The van der Waals surface area contributed by atoms with Gasteiger partial charge in [0.2, 0.25) is 0 Å². The number of methoxy groups -OCH3 is 1. The first-order valence-corrected chi connectivity index (χ1v) is 8.24. The van der Waals surface area contributed by atoms with Crippen molar-refractivity contribution in [2.24, 2.45) is 0 Å². The normalized spacial score (nSPS) is 10.3. The third-order valence-corrected chi connectivity index (χ3v) is 3.91. The number of carbonyl (C=O) groups is 1. The molecule has 0 aliphatic heterocycles. The minimum Gasteiger partial charge on any atom is -0.495 e. The Morgan fingerprint density at radius 2 is 2.08 bits per heavy atom. The third kappa shape index (κ3) is 4.61. The number of unbranched alkanes of at least 4 members (excludes halogenated alkanes) is 1. The quantitative estimate of drug-likeness (QED) is 0.808. The van der Waals surface area contributed by atoms with Crippen molar-refractivity contribution in [1.82, 2.24) is 9.88 Å². The lowest BCUT2D eigenvalue weighted by atomic mass is 10.2. The molecule has 1 heterocycles. The summed E-state index contributed by atoms with van der Waals surface area (Å²) in [4.78, 5) is 18.3. The number of aromatic nitrogens is 1. The smallest absolute Gasteiger partial charge is 0.255 e. The van der Waals surface area contributed by atoms with Crippen LogP contribution in [0.15, 0.2) is 36.7 Å². The second kappa shape index (κ2) is 8.55. The number of pyridine rings is 1. The van der Waals surface area contributed by atoms with E-state index in [0.29, 0.717) is 16.3 Å². The molecule has 128 valence electrons. The van der Waals surface area contributed by atoms with Gasteiger partial charge in [0.1, 0.15) is 5.75 Å². The minimum absolute atomic E-state index is 0.0348. The number of rotatable bonds is 7. The number of nitrogens with zero attached hydrogens (tertiary/aromatic N) is 2. The second-order valence-corrected chi connectivity index (χ2v) is 5.92. The molecule has 0 spiro atoms. The lowest BCUT2D eigenvalue weighted by Gasteiger charge is -2.17. The van der Waals surface area contributed by atoms with Crippen LogP contribution >= 0.6 is 11.6 Å². The molecule has 0 aliphatic rings. The number of hydrogen-bond donors (Lipinski definition) is 1. The van der Waals surface area contributed by atoms with E-state index in [4.69, 9.17) is 16.3 Å². The van der Waals surface area contributed by atoms with Crippen LogP contribution in [0.1, 0.15) is 30.1 Å². The molecule has 5 nitrogen and oxygen atoms in total. The van der Waals surface area contributed by atoms with Crippen molar-refractivity contribution in [2.75, 3.05) is 26.0 Å². The van der Waals surface area contributed by atoms with Crippen molar-refractivity contribution >= 4 is 28.9 Å². The summed E-state index contributed by atoms with van der Waals surface area (Å²) in [5, 5.41) is 3.72. The summed E-state index contributed by atoms with van der Waals surface area (Å²) in [6.07, 6.45) is 5.28. The maximum atomic E-state index is 12.4. The fourth-order valence-electron chi connectivity index (χ4n) is 2.25. The number of ether oxygens (including phenoxy) is 1. The number of benzene rings is 1. The standard InChI is InChI=1S/C18H22ClN3O2/c1-4-5-8-22(2)18(23)13-9-15(12-20-11-13)21-14-6-7-17(24-3)16(19)10-14/h6-7,9-12,21H,4-5,8H2,1-3H3. The molecular weight excluding hydrogens is 326 g/mol. The fourth-order valence-corrected chi connectivity index (χ4v) is 2.51. The molecule has 0 bridgehead atoms. The Balaban J connectivity index is 2.12. The fraction of sp³-hybridized carbons (Fsp3) is 0.333. The van der Waals surface area contributed by atoms with Crippen molar-refractivity contribution in [3.8, 4) is 5.75 Å². The van der Waals surface area contributed by atoms with Crippen LogP contribution in [0, 0.1) is 0 Å². The monoisotopic (exact) mass is 347 g/mol. The number of anilines is 2. The molecule has 1 aromatic carbocycles.